The van der Waals surface area contributed by atoms with Gasteiger partial charge in [0.05, 0.1) is 0 Å². The molecule has 0 aliphatic heterocycles. The van der Waals surface area contributed by atoms with Crippen molar-refractivity contribution in [3.63, 3.8) is 0 Å². The Morgan fingerprint density at radius 3 is 2.29 bits per heavy atom. The molecule has 2 aromatic rings. The largest absolute Gasteiger partial charge is 0.345 e. The summed E-state index contributed by atoms with van der Waals surface area (Å²) in [5.74, 6) is -0.101. The summed E-state index contributed by atoms with van der Waals surface area (Å²) in [5.41, 5.74) is 0.536. The molecule has 1 heterocycles. The Hall–Kier alpha value is -1.39. The minimum absolute atomic E-state index is 0.101. The second-order valence-corrected chi connectivity index (χ2v) is 4.46. The van der Waals surface area contributed by atoms with Crippen LogP contribution in [0, 0.1) is 0 Å². The smallest absolute Gasteiger partial charge is 0.253 e. The molecule has 1 amide bonds. The number of hydrogen-bond acceptors (Lipinski definition) is 3. The average Bonchev–Trinajstić information content (AvgIpc) is 2.32. The van der Waals surface area contributed by atoms with Crippen LogP contribution in [0.4, 0.5) is 0 Å². The highest BCUT2D eigenvalue weighted by atomic mass is 35.5. The first-order valence-electron chi connectivity index (χ1n) is 4.84. The number of hydrogen-bond donors (Lipinski definition) is 0. The van der Waals surface area contributed by atoms with E-state index in [1.54, 1.807) is 32.3 Å². The number of fused-ring (bicyclic) bond motifs is 1. The van der Waals surface area contributed by atoms with E-state index in [1.807, 2.05) is 0 Å². The van der Waals surface area contributed by atoms with Gasteiger partial charge in [-0.25, -0.2) is 0 Å². The summed E-state index contributed by atoms with van der Waals surface area (Å²) in [6, 6.07) is 5.07. The van der Waals surface area contributed by atoms with Crippen molar-refractivity contribution in [1.29, 1.82) is 0 Å². The number of rotatable bonds is 1. The van der Waals surface area contributed by atoms with Crippen LogP contribution in [0.3, 0.4) is 0 Å². The van der Waals surface area contributed by atoms with Crippen LogP contribution in [0.15, 0.2) is 18.2 Å². The number of carbonyl (C=O) groups is 1. The molecule has 0 unspecified atom stereocenters. The molecule has 0 saturated heterocycles. The van der Waals surface area contributed by atoms with Gasteiger partial charge in [-0.05, 0) is 12.1 Å². The molecule has 0 radical (unpaired) electrons. The third-order valence-electron chi connectivity index (χ3n) is 2.34. The van der Waals surface area contributed by atoms with E-state index in [2.05, 4.69) is 10.2 Å². The predicted molar refractivity (Wildman–Crippen MR) is 67.6 cm³/mol. The summed E-state index contributed by atoms with van der Waals surface area (Å²) in [4.78, 5) is 13.3. The van der Waals surface area contributed by atoms with Crippen LogP contribution in [0.5, 0.6) is 0 Å². The molecule has 88 valence electrons. The van der Waals surface area contributed by atoms with Crippen molar-refractivity contribution in [1.82, 2.24) is 15.1 Å². The van der Waals surface area contributed by atoms with E-state index in [0.717, 1.165) is 0 Å². The first kappa shape index (κ1) is 12.1. The molecule has 0 atom stereocenters. The maximum Gasteiger partial charge on any atom is 0.253 e. The van der Waals surface area contributed by atoms with Crippen LogP contribution < -0.4 is 0 Å². The molecular formula is C11H9Cl2N3O. The Bertz CT molecular complexity index is 599. The minimum Gasteiger partial charge on any atom is -0.345 e. The molecule has 0 spiro atoms. The molecule has 0 fully saturated rings. The fourth-order valence-corrected chi connectivity index (χ4v) is 1.88. The second kappa shape index (κ2) is 4.47. The van der Waals surface area contributed by atoms with Crippen molar-refractivity contribution in [3.05, 3.63) is 34.1 Å². The van der Waals surface area contributed by atoms with Gasteiger partial charge in [0, 0.05) is 30.4 Å². The highest BCUT2D eigenvalue weighted by Gasteiger charge is 2.12. The Morgan fingerprint density at radius 1 is 1.12 bits per heavy atom. The monoisotopic (exact) mass is 269 g/mol. The zero-order valence-electron chi connectivity index (χ0n) is 9.24. The van der Waals surface area contributed by atoms with Gasteiger partial charge in [-0.1, -0.05) is 29.3 Å². The van der Waals surface area contributed by atoms with Gasteiger partial charge in [0.1, 0.15) is 0 Å². The quantitative estimate of drug-likeness (QED) is 0.800. The van der Waals surface area contributed by atoms with E-state index in [4.69, 9.17) is 23.2 Å². The molecule has 2 rings (SSSR count). The van der Waals surface area contributed by atoms with Crippen LogP contribution >= 0.6 is 23.2 Å². The van der Waals surface area contributed by atoms with Crippen molar-refractivity contribution in [2.24, 2.45) is 0 Å². The zero-order valence-corrected chi connectivity index (χ0v) is 10.7. The van der Waals surface area contributed by atoms with E-state index in [9.17, 15) is 4.79 Å². The Morgan fingerprint density at radius 2 is 1.71 bits per heavy atom. The van der Waals surface area contributed by atoms with Crippen molar-refractivity contribution < 1.29 is 4.79 Å². The highest BCUT2D eigenvalue weighted by Crippen LogP contribution is 2.26. The fraction of sp³-hybridized carbons (Fsp3) is 0.182. The molecule has 0 N–H and O–H groups in total. The number of benzene rings is 1. The van der Waals surface area contributed by atoms with Crippen molar-refractivity contribution in [3.8, 4) is 0 Å². The van der Waals surface area contributed by atoms with E-state index in [-0.39, 0.29) is 16.2 Å². The van der Waals surface area contributed by atoms with Crippen LogP contribution in [-0.2, 0) is 0 Å². The van der Waals surface area contributed by atoms with Crippen molar-refractivity contribution >= 4 is 39.9 Å². The summed E-state index contributed by atoms with van der Waals surface area (Å²) in [6.07, 6.45) is 0. The number of halogens is 2. The van der Waals surface area contributed by atoms with Crippen LogP contribution in [0.25, 0.3) is 10.8 Å². The summed E-state index contributed by atoms with van der Waals surface area (Å²) in [7, 11) is 3.37. The highest BCUT2D eigenvalue weighted by molar-refractivity contribution is 6.38. The van der Waals surface area contributed by atoms with Crippen LogP contribution in [0.2, 0.25) is 10.3 Å². The lowest BCUT2D eigenvalue weighted by Gasteiger charge is -2.11. The van der Waals surface area contributed by atoms with E-state index in [0.29, 0.717) is 16.3 Å². The summed E-state index contributed by atoms with van der Waals surface area (Å²) in [5, 5.41) is 9.23. The molecular weight excluding hydrogens is 261 g/mol. The lowest BCUT2D eigenvalue weighted by molar-refractivity contribution is 0.0828. The Balaban J connectivity index is 2.66. The van der Waals surface area contributed by atoms with Gasteiger partial charge >= 0.3 is 0 Å². The van der Waals surface area contributed by atoms with Gasteiger partial charge in [-0.3, -0.25) is 4.79 Å². The number of nitrogens with zero attached hydrogens (tertiary/aromatic N) is 3. The number of aromatic nitrogens is 2. The lowest BCUT2D eigenvalue weighted by Crippen LogP contribution is -2.21. The molecule has 0 aliphatic carbocycles. The van der Waals surface area contributed by atoms with E-state index in [1.165, 1.54) is 4.90 Å². The topological polar surface area (TPSA) is 46.1 Å². The molecule has 0 aliphatic rings. The van der Waals surface area contributed by atoms with Gasteiger partial charge in [-0.15, -0.1) is 10.2 Å². The molecule has 4 nitrogen and oxygen atoms in total. The molecule has 1 aromatic carbocycles. The van der Waals surface area contributed by atoms with Crippen molar-refractivity contribution in [2.45, 2.75) is 0 Å². The first-order valence-corrected chi connectivity index (χ1v) is 5.59. The first-order chi connectivity index (χ1) is 8.00. The zero-order chi connectivity index (χ0) is 12.6. The van der Waals surface area contributed by atoms with Gasteiger partial charge in [0.15, 0.2) is 10.3 Å². The van der Waals surface area contributed by atoms with Gasteiger partial charge in [0.25, 0.3) is 5.91 Å². The molecule has 0 bridgehead atoms. The molecule has 1 aromatic heterocycles. The van der Waals surface area contributed by atoms with Gasteiger partial charge in [0.2, 0.25) is 0 Å². The standard InChI is InChI=1S/C11H9Cl2N3O/c1-16(2)11(17)6-3-4-7-8(5-6)10(13)15-14-9(7)12/h3-5H,1-2H3. The molecule has 17 heavy (non-hydrogen) atoms. The summed E-state index contributed by atoms with van der Waals surface area (Å²) in [6.45, 7) is 0. The van der Waals surface area contributed by atoms with Gasteiger partial charge in [-0.2, -0.15) is 0 Å². The molecule has 0 saturated carbocycles. The van der Waals surface area contributed by atoms with Crippen LogP contribution in [-0.4, -0.2) is 35.1 Å². The third kappa shape index (κ3) is 2.18. The van der Waals surface area contributed by atoms with Gasteiger partial charge < -0.3 is 4.90 Å². The SMILES string of the molecule is CN(C)C(=O)c1ccc2c(Cl)nnc(Cl)c2c1. The molecule has 6 heteroatoms. The predicted octanol–water partition coefficient (Wildman–Crippen LogP) is 2.64. The lowest BCUT2D eigenvalue weighted by atomic mass is 10.1. The Kier molecular flexibility index (Phi) is 3.17. The third-order valence-corrected chi connectivity index (χ3v) is 2.90. The second-order valence-electron chi connectivity index (χ2n) is 3.74. The fourth-order valence-electron chi connectivity index (χ4n) is 1.48. The summed E-state index contributed by atoms with van der Waals surface area (Å²) >= 11 is 11.8. The van der Waals surface area contributed by atoms with E-state index >= 15 is 0 Å². The van der Waals surface area contributed by atoms with Crippen molar-refractivity contribution in [2.75, 3.05) is 14.1 Å². The minimum atomic E-state index is -0.101. The normalized spacial score (nSPS) is 10.6. The average molecular weight is 270 g/mol. The number of amides is 1. The van der Waals surface area contributed by atoms with Crippen LogP contribution in [0.1, 0.15) is 10.4 Å². The Labute approximate surface area is 108 Å². The maximum absolute atomic E-state index is 11.8. The number of carbonyl (C=O) groups excluding carboxylic acids is 1. The maximum atomic E-state index is 11.8. The summed E-state index contributed by atoms with van der Waals surface area (Å²) < 4.78 is 0. The van der Waals surface area contributed by atoms with E-state index < -0.39 is 0 Å².